The highest BCUT2D eigenvalue weighted by molar-refractivity contribution is 14.1. The number of amides is 2. The molecule has 0 unspecified atom stereocenters. The van der Waals surface area contributed by atoms with Crippen molar-refractivity contribution in [1.29, 1.82) is 0 Å². The summed E-state index contributed by atoms with van der Waals surface area (Å²) in [5, 5.41) is 16.9. The van der Waals surface area contributed by atoms with Crippen molar-refractivity contribution < 1.29 is 14.7 Å². The molecule has 0 aliphatic heterocycles. The molecule has 3 rings (SSSR count). The molecular weight excluding hydrogens is 656 g/mol. The van der Waals surface area contributed by atoms with Gasteiger partial charge >= 0.3 is 0 Å². The Morgan fingerprint density at radius 1 is 0.882 bits per heavy atom. The second-order valence-corrected chi connectivity index (χ2v) is 10.4. The first-order chi connectivity index (χ1) is 16.3. The first kappa shape index (κ1) is 26.1. The summed E-state index contributed by atoms with van der Waals surface area (Å²) in [6, 6.07) is 21.8. The van der Waals surface area contributed by atoms with Crippen LogP contribution in [0.15, 0.2) is 77.9 Å². The lowest BCUT2D eigenvalue weighted by Gasteiger charge is -2.24. The van der Waals surface area contributed by atoms with E-state index in [-0.39, 0.29) is 17.6 Å². The number of hydrogen-bond acceptors (Lipinski definition) is 4. The summed E-state index contributed by atoms with van der Waals surface area (Å²) in [4.78, 5) is 26.3. The molecule has 0 saturated heterocycles. The van der Waals surface area contributed by atoms with Gasteiger partial charge in [0.05, 0.1) is 19.3 Å². The largest absolute Gasteiger partial charge is 0.506 e. The third-order valence-electron chi connectivity index (χ3n) is 5.20. The van der Waals surface area contributed by atoms with Crippen LogP contribution in [-0.4, -0.2) is 29.2 Å². The predicted octanol–water partition coefficient (Wildman–Crippen LogP) is 5.02. The van der Waals surface area contributed by atoms with Gasteiger partial charge in [-0.3, -0.25) is 9.59 Å². The van der Waals surface area contributed by atoms with Crippen LogP contribution in [0.25, 0.3) is 0 Å². The fourth-order valence-electron chi connectivity index (χ4n) is 3.46. The number of phenolic OH excluding ortho intramolecular Hbond substituents is 1. The van der Waals surface area contributed by atoms with E-state index in [4.69, 9.17) is 0 Å². The molecule has 6 nitrogen and oxygen atoms in total. The van der Waals surface area contributed by atoms with Gasteiger partial charge in [-0.15, -0.1) is 0 Å². The van der Waals surface area contributed by atoms with E-state index >= 15 is 0 Å². The van der Waals surface area contributed by atoms with Crippen molar-refractivity contribution in [3.63, 3.8) is 0 Å². The van der Waals surface area contributed by atoms with E-state index in [0.717, 1.165) is 16.7 Å². The lowest BCUT2D eigenvalue weighted by Crippen LogP contribution is -2.50. The van der Waals surface area contributed by atoms with Crippen molar-refractivity contribution in [3.05, 3.63) is 96.6 Å². The van der Waals surface area contributed by atoms with Gasteiger partial charge in [0.15, 0.2) is 0 Å². The Morgan fingerprint density at radius 3 is 1.85 bits per heavy atom. The molecule has 0 aliphatic carbocycles. The molecule has 34 heavy (non-hydrogen) atoms. The highest BCUT2D eigenvalue weighted by Crippen LogP contribution is 2.27. The molecule has 0 radical (unpaired) electrons. The van der Waals surface area contributed by atoms with Gasteiger partial charge in [-0.1, -0.05) is 74.5 Å². The van der Waals surface area contributed by atoms with Crippen molar-refractivity contribution >= 4 is 63.2 Å². The number of nitrogens with one attached hydrogen (secondary N) is 2. The number of hydrazone groups is 1. The monoisotopic (exact) mass is 681 g/mol. The van der Waals surface area contributed by atoms with Gasteiger partial charge in [0.2, 0.25) is 5.91 Å². The SMILES string of the molecule is CC(C)[C@H](NC(=O)C(c1ccccc1)c1ccccc1)C(=O)N/N=C\c1cc(I)c(O)c(I)c1. The number of carbonyl (C=O) groups is 2. The number of halogens is 2. The number of rotatable bonds is 8. The predicted molar refractivity (Wildman–Crippen MR) is 151 cm³/mol. The zero-order chi connectivity index (χ0) is 24.7. The fraction of sp³-hybridized carbons (Fsp3) is 0.192. The van der Waals surface area contributed by atoms with Gasteiger partial charge in [0, 0.05) is 0 Å². The minimum atomic E-state index is -0.764. The number of nitrogens with zero attached hydrogens (tertiary/aromatic N) is 1. The van der Waals surface area contributed by atoms with Gasteiger partial charge in [-0.05, 0) is 79.9 Å². The molecule has 0 fully saturated rings. The van der Waals surface area contributed by atoms with Crippen LogP contribution in [0, 0.1) is 13.1 Å². The van der Waals surface area contributed by atoms with E-state index in [1.165, 1.54) is 6.21 Å². The first-order valence-electron chi connectivity index (χ1n) is 10.7. The maximum absolute atomic E-state index is 13.4. The summed E-state index contributed by atoms with van der Waals surface area (Å²) in [5.74, 6) is -1.13. The minimum Gasteiger partial charge on any atom is -0.506 e. The molecule has 0 heterocycles. The van der Waals surface area contributed by atoms with Crippen molar-refractivity contribution in [1.82, 2.24) is 10.7 Å². The lowest BCUT2D eigenvalue weighted by atomic mass is 9.89. The van der Waals surface area contributed by atoms with Crippen molar-refractivity contribution in [2.45, 2.75) is 25.8 Å². The highest BCUT2D eigenvalue weighted by Gasteiger charge is 2.29. The molecule has 1 atom stereocenters. The van der Waals surface area contributed by atoms with E-state index < -0.39 is 17.9 Å². The molecule has 3 N–H and O–H groups in total. The second kappa shape index (κ2) is 12.3. The van der Waals surface area contributed by atoms with Crippen LogP contribution in [0.3, 0.4) is 0 Å². The average molecular weight is 681 g/mol. The summed E-state index contributed by atoms with van der Waals surface area (Å²) in [6.07, 6.45) is 1.51. The summed E-state index contributed by atoms with van der Waals surface area (Å²) >= 11 is 4.07. The number of hydrogen-bond donors (Lipinski definition) is 3. The molecular formula is C26H25I2N3O3. The van der Waals surface area contributed by atoms with Crippen molar-refractivity contribution in [3.8, 4) is 5.75 Å². The van der Waals surface area contributed by atoms with Crippen LogP contribution in [0.5, 0.6) is 5.75 Å². The van der Waals surface area contributed by atoms with Crippen LogP contribution in [0.4, 0.5) is 0 Å². The third kappa shape index (κ3) is 6.78. The molecule has 8 heteroatoms. The Bertz CT molecular complexity index is 1110. The van der Waals surface area contributed by atoms with Crippen LogP contribution in [0.2, 0.25) is 0 Å². The van der Waals surface area contributed by atoms with Crippen LogP contribution in [0.1, 0.15) is 36.5 Å². The van der Waals surface area contributed by atoms with Gasteiger partial charge in [0.1, 0.15) is 11.8 Å². The Kier molecular flexibility index (Phi) is 9.45. The Morgan fingerprint density at radius 2 is 1.38 bits per heavy atom. The molecule has 0 spiro atoms. The maximum atomic E-state index is 13.4. The van der Waals surface area contributed by atoms with E-state index in [1.807, 2.05) is 120 Å². The minimum absolute atomic E-state index is 0.151. The smallest absolute Gasteiger partial charge is 0.262 e. The summed E-state index contributed by atoms with van der Waals surface area (Å²) in [5.41, 5.74) is 4.98. The topological polar surface area (TPSA) is 90.8 Å². The van der Waals surface area contributed by atoms with Gasteiger partial charge in [-0.25, -0.2) is 5.43 Å². The number of aromatic hydroxyl groups is 1. The molecule has 0 aromatic heterocycles. The molecule has 0 saturated carbocycles. The zero-order valence-corrected chi connectivity index (χ0v) is 23.0. The average Bonchev–Trinajstić information content (AvgIpc) is 2.82. The Labute approximate surface area is 226 Å². The van der Waals surface area contributed by atoms with Crippen molar-refractivity contribution in [2.75, 3.05) is 0 Å². The lowest BCUT2D eigenvalue weighted by molar-refractivity contribution is -0.130. The van der Waals surface area contributed by atoms with Gasteiger partial charge in [0.25, 0.3) is 5.91 Å². The van der Waals surface area contributed by atoms with Crippen LogP contribution < -0.4 is 10.7 Å². The highest BCUT2D eigenvalue weighted by atomic mass is 127. The van der Waals surface area contributed by atoms with Crippen LogP contribution in [-0.2, 0) is 9.59 Å². The van der Waals surface area contributed by atoms with Gasteiger partial charge < -0.3 is 10.4 Å². The summed E-state index contributed by atoms with van der Waals surface area (Å²) in [6.45, 7) is 3.75. The second-order valence-electron chi connectivity index (χ2n) is 8.05. The normalized spacial score (nSPS) is 12.2. The number of phenols is 1. The molecule has 3 aromatic carbocycles. The molecule has 2 amide bonds. The molecule has 0 bridgehead atoms. The molecule has 176 valence electrons. The zero-order valence-electron chi connectivity index (χ0n) is 18.7. The first-order valence-corrected chi connectivity index (χ1v) is 12.8. The van der Waals surface area contributed by atoms with Crippen molar-refractivity contribution in [2.24, 2.45) is 11.0 Å². The fourth-order valence-corrected chi connectivity index (χ4v) is 5.27. The molecule has 3 aromatic rings. The van der Waals surface area contributed by atoms with Gasteiger partial charge in [-0.2, -0.15) is 5.10 Å². The molecule has 0 aliphatic rings. The Balaban J connectivity index is 1.76. The standard InChI is InChI=1S/C26H25I2N3O3/c1-16(2)23(26(34)31-29-15-17-13-20(27)24(32)21(28)14-17)30-25(33)22(18-9-5-3-6-10-18)19-11-7-4-8-12-19/h3-16,22-23,32H,1-2H3,(H,30,33)(H,31,34)/b29-15-/t23-/m0/s1. The maximum Gasteiger partial charge on any atom is 0.262 e. The Hall–Kier alpha value is -2.47. The quantitative estimate of drug-likeness (QED) is 0.177. The number of carbonyl (C=O) groups excluding carboxylic acids is 2. The van der Waals surface area contributed by atoms with E-state index in [0.29, 0.717) is 7.14 Å². The van der Waals surface area contributed by atoms with E-state index in [1.54, 1.807) is 12.1 Å². The van der Waals surface area contributed by atoms with Crippen LogP contribution >= 0.6 is 45.2 Å². The third-order valence-corrected chi connectivity index (χ3v) is 6.85. The number of benzene rings is 3. The van der Waals surface area contributed by atoms with E-state index in [9.17, 15) is 14.7 Å². The summed E-state index contributed by atoms with van der Waals surface area (Å²) < 4.78 is 1.38. The summed E-state index contributed by atoms with van der Waals surface area (Å²) in [7, 11) is 0. The van der Waals surface area contributed by atoms with E-state index in [2.05, 4.69) is 15.8 Å².